The fraction of sp³-hybridized carbons (Fsp3) is 0.182. The molecular weight excluding hydrogens is 336 g/mol. The number of aromatic nitrogens is 3. The Morgan fingerprint density at radius 3 is 2.93 bits per heavy atom. The highest BCUT2D eigenvalue weighted by Crippen LogP contribution is 2.33. The number of phenolic OH excluding ortho intramolecular Hbond substituents is 1. The Morgan fingerprint density at radius 1 is 1.07 bits per heavy atom. The van der Waals surface area contributed by atoms with Gasteiger partial charge in [-0.05, 0) is 35.4 Å². The van der Waals surface area contributed by atoms with Crippen molar-refractivity contribution >= 4 is 10.9 Å². The Balaban J connectivity index is 1.49. The molecule has 0 bridgehead atoms. The number of nitrogens with one attached hydrogen (secondary N) is 1. The van der Waals surface area contributed by atoms with Gasteiger partial charge in [0.15, 0.2) is 0 Å². The SMILES string of the molecule is Oc1cccc(C2CN(Cc3cccc4ncccc34)Cc3[nH]cnc32)c1. The minimum absolute atomic E-state index is 0.139. The van der Waals surface area contributed by atoms with E-state index in [0.29, 0.717) is 5.75 Å². The maximum Gasteiger partial charge on any atom is 0.115 e. The van der Waals surface area contributed by atoms with Gasteiger partial charge in [-0.3, -0.25) is 9.88 Å². The van der Waals surface area contributed by atoms with Crippen molar-refractivity contribution in [1.29, 1.82) is 0 Å². The second kappa shape index (κ2) is 6.52. The molecule has 3 heterocycles. The number of benzene rings is 2. The van der Waals surface area contributed by atoms with E-state index in [2.05, 4.69) is 50.2 Å². The highest BCUT2D eigenvalue weighted by Gasteiger charge is 2.29. The zero-order valence-electron chi connectivity index (χ0n) is 14.8. The number of pyridine rings is 1. The van der Waals surface area contributed by atoms with Crippen LogP contribution >= 0.6 is 0 Å². The summed E-state index contributed by atoms with van der Waals surface area (Å²) in [7, 11) is 0. The molecule has 0 fully saturated rings. The van der Waals surface area contributed by atoms with E-state index < -0.39 is 0 Å². The summed E-state index contributed by atoms with van der Waals surface area (Å²) in [6.07, 6.45) is 3.60. The minimum Gasteiger partial charge on any atom is -0.508 e. The van der Waals surface area contributed by atoms with Crippen molar-refractivity contribution in [3.05, 3.63) is 89.6 Å². The van der Waals surface area contributed by atoms with Gasteiger partial charge < -0.3 is 10.1 Å². The van der Waals surface area contributed by atoms with Gasteiger partial charge in [0.2, 0.25) is 0 Å². The number of aromatic hydroxyl groups is 1. The standard InChI is InChI=1S/C22H20N4O/c27-17-6-1-4-15(10-17)19-12-26(13-21-22(19)25-14-24-21)11-16-5-2-8-20-18(16)7-3-9-23-20/h1-10,14,19,27H,11-13H2,(H,24,25). The maximum atomic E-state index is 9.91. The van der Waals surface area contributed by atoms with E-state index >= 15 is 0 Å². The quantitative estimate of drug-likeness (QED) is 0.586. The van der Waals surface area contributed by atoms with Crippen molar-refractivity contribution in [3.63, 3.8) is 0 Å². The van der Waals surface area contributed by atoms with Crippen LogP contribution in [-0.2, 0) is 13.1 Å². The molecular formula is C22H20N4O. The molecule has 4 aromatic rings. The van der Waals surface area contributed by atoms with Gasteiger partial charge in [0.25, 0.3) is 0 Å². The summed E-state index contributed by atoms with van der Waals surface area (Å²) in [4.78, 5) is 14.8. The van der Waals surface area contributed by atoms with Crippen LogP contribution in [0.4, 0.5) is 0 Å². The zero-order chi connectivity index (χ0) is 18.2. The van der Waals surface area contributed by atoms with Crippen LogP contribution < -0.4 is 0 Å². The number of hydrogen-bond donors (Lipinski definition) is 2. The molecule has 2 aromatic heterocycles. The Kier molecular flexibility index (Phi) is 3.87. The summed E-state index contributed by atoms with van der Waals surface area (Å²) >= 11 is 0. The molecule has 0 radical (unpaired) electrons. The summed E-state index contributed by atoms with van der Waals surface area (Å²) < 4.78 is 0. The maximum absolute atomic E-state index is 9.91. The van der Waals surface area contributed by atoms with Crippen molar-refractivity contribution < 1.29 is 5.11 Å². The molecule has 1 aliphatic rings. The second-order valence-corrected chi connectivity index (χ2v) is 7.07. The summed E-state index contributed by atoms with van der Waals surface area (Å²) in [6.45, 7) is 2.54. The van der Waals surface area contributed by atoms with E-state index in [0.717, 1.165) is 42.1 Å². The van der Waals surface area contributed by atoms with Gasteiger partial charge in [-0.2, -0.15) is 0 Å². The predicted molar refractivity (Wildman–Crippen MR) is 104 cm³/mol. The van der Waals surface area contributed by atoms with Crippen LogP contribution in [0.15, 0.2) is 67.1 Å². The van der Waals surface area contributed by atoms with Crippen molar-refractivity contribution in [1.82, 2.24) is 19.9 Å². The van der Waals surface area contributed by atoms with Gasteiger partial charge in [0, 0.05) is 37.1 Å². The number of H-pyrrole nitrogens is 1. The average molecular weight is 356 g/mol. The van der Waals surface area contributed by atoms with Crippen molar-refractivity contribution in [2.24, 2.45) is 0 Å². The molecule has 0 amide bonds. The smallest absolute Gasteiger partial charge is 0.115 e. The molecule has 5 nitrogen and oxygen atoms in total. The first-order valence-electron chi connectivity index (χ1n) is 9.14. The van der Waals surface area contributed by atoms with Crippen LogP contribution in [0.2, 0.25) is 0 Å². The van der Waals surface area contributed by atoms with E-state index in [4.69, 9.17) is 0 Å². The zero-order valence-corrected chi connectivity index (χ0v) is 14.8. The third-order valence-corrected chi connectivity index (χ3v) is 5.31. The highest BCUT2D eigenvalue weighted by atomic mass is 16.3. The first kappa shape index (κ1) is 16.0. The molecule has 1 atom stereocenters. The molecule has 5 rings (SSSR count). The van der Waals surface area contributed by atoms with Crippen LogP contribution in [0.25, 0.3) is 10.9 Å². The van der Waals surface area contributed by atoms with Gasteiger partial charge in [-0.1, -0.05) is 30.3 Å². The Hall–Kier alpha value is -3.18. The molecule has 0 saturated heterocycles. The van der Waals surface area contributed by atoms with Gasteiger partial charge in [-0.15, -0.1) is 0 Å². The van der Waals surface area contributed by atoms with Crippen LogP contribution in [0.1, 0.15) is 28.4 Å². The molecule has 0 spiro atoms. The molecule has 5 heteroatoms. The number of hydrogen-bond acceptors (Lipinski definition) is 4. The van der Waals surface area contributed by atoms with E-state index in [1.807, 2.05) is 24.4 Å². The molecule has 0 aliphatic carbocycles. The molecule has 2 N–H and O–H groups in total. The van der Waals surface area contributed by atoms with Gasteiger partial charge >= 0.3 is 0 Å². The topological polar surface area (TPSA) is 65.0 Å². The van der Waals surface area contributed by atoms with E-state index in [-0.39, 0.29) is 5.92 Å². The van der Waals surface area contributed by atoms with Crippen LogP contribution in [0.3, 0.4) is 0 Å². The van der Waals surface area contributed by atoms with Crippen LogP contribution in [0, 0.1) is 0 Å². The first-order chi connectivity index (χ1) is 13.3. The lowest BCUT2D eigenvalue weighted by Crippen LogP contribution is -2.33. The van der Waals surface area contributed by atoms with E-state index in [9.17, 15) is 5.11 Å². The van der Waals surface area contributed by atoms with Gasteiger partial charge in [0.05, 0.1) is 23.2 Å². The minimum atomic E-state index is 0.139. The normalized spacial score (nSPS) is 17.1. The molecule has 134 valence electrons. The highest BCUT2D eigenvalue weighted by molar-refractivity contribution is 5.81. The summed E-state index contributed by atoms with van der Waals surface area (Å²) in [6, 6.07) is 17.9. The lowest BCUT2D eigenvalue weighted by Gasteiger charge is -2.32. The van der Waals surface area contributed by atoms with Gasteiger partial charge in [-0.25, -0.2) is 4.98 Å². The summed E-state index contributed by atoms with van der Waals surface area (Å²) in [5.41, 5.74) is 5.62. The number of nitrogens with zero attached hydrogens (tertiary/aromatic N) is 3. The fourth-order valence-corrected chi connectivity index (χ4v) is 4.06. The molecule has 1 unspecified atom stereocenters. The number of imidazole rings is 1. The van der Waals surface area contributed by atoms with Crippen molar-refractivity contribution in [2.75, 3.05) is 6.54 Å². The van der Waals surface area contributed by atoms with Crippen LogP contribution in [0.5, 0.6) is 5.75 Å². The van der Waals surface area contributed by atoms with E-state index in [1.165, 1.54) is 10.9 Å². The predicted octanol–water partition coefficient (Wildman–Crippen LogP) is 3.81. The summed E-state index contributed by atoms with van der Waals surface area (Å²) in [5.74, 6) is 0.432. The third-order valence-electron chi connectivity index (χ3n) is 5.31. The monoisotopic (exact) mass is 356 g/mol. The first-order valence-corrected chi connectivity index (χ1v) is 9.14. The Morgan fingerprint density at radius 2 is 2.00 bits per heavy atom. The molecule has 2 aromatic carbocycles. The lowest BCUT2D eigenvalue weighted by molar-refractivity contribution is 0.228. The number of phenols is 1. The number of aromatic amines is 1. The fourth-order valence-electron chi connectivity index (χ4n) is 4.06. The lowest BCUT2D eigenvalue weighted by atomic mass is 9.90. The van der Waals surface area contributed by atoms with Crippen molar-refractivity contribution in [3.8, 4) is 5.75 Å². The van der Waals surface area contributed by atoms with Crippen molar-refractivity contribution in [2.45, 2.75) is 19.0 Å². The van der Waals surface area contributed by atoms with E-state index in [1.54, 1.807) is 12.4 Å². The molecule has 27 heavy (non-hydrogen) atoms. The average Bonchev–Trinajstić information content (AvgIpc) is 3.16. The Bertz CT molecular complexity index is 1100. The second-order valence-electron chi connectivity index (χ2n) is 7.07. The largest absolute Gasteiger partial charge is 0.508 e. The van der Waals surface area contributed by atoms with Crippen LogP contribution in [-0.4, -0.2) is 31.5 Å². The molecule has 1 aliphatic heterocycles. The Labute approximate surface area is 157 Å². The summed E-state index contributed by atoms with van der Waals surface area (Å²) in [5, 5.41) is 11.1. The molecule has 0 saturated carbocycles. The third kappa shape index (κ3) is 2.96. The van der Waals surface area contributed by atoms with Gasteiger partial charge in [0.1, 0.15) is 5.75 Å². The number of fused-ring (bicyclic) bond motifs is 2. The number of rotatable bonds is 3.